The van der Waals surface area contributed by atoms with Gasteiger partial charge in [-0.2, -0.15) is 0 Å². The Hall–Kier alpha value is -2.20. The topological polar surface area (TPSA) is 67.1 Å². The van der Waals surface area contributed by atoms with Crippen molar-refractivity contribution in [2.45, 2.75) is 13.8 Å². The van der Waals surface area contributed by atoms with Gasteiger partial charge in [0.1, 0.15) is 0 Å². The molecule has 0 aliphatic rings. The molecule has 0 bridgehead atoms. The fourth-order valence-electron chi connectivity index (χ4n) is 1.89. The van der Waals surface area contributed by atoms with E-state index in [4.69, 9.17) is 17.3 Å². The molecule has 0 radical (unpaired) electrons. The zero-order chi connectivity index (χ0) is 14.7. The Kier molecular flexibility index (Phi) is 4.15. The summed E-state index contributed by atoms with van der Waals surface area (Å²) >= 11 is 6.00. The highest BCUT2D eigenvalue weighted by molar-refractivity contribution is 6.33. The molecule has 0 spiro atoms. The van der Waals surface area contributed by atoms with Crippen molar-refractivity contribution in [3.63, 3.8) is 0 Å². The first-order chi connectivity index (χ1) is 9.49. The highest BCUT2D eigenvalue weighted by Gasteiger charge is 2.10. The number of para-hydroxylation sites is 1. The van der Waals surface area contributed by atoms with E-state index in [-0.39, 0.29) is 6.03 Å². The van der Waals surface area contributed by atoms with Gasteiger partial charge in [0.2, 0.25) is 0 Å². The van der Waals surface area contributed by atoms with Gasteiger partial charge in [0.05, 0.1) is 16.4 Å². The van der Waals surface area contributed by atoms with Crippen LogP contribution in [0.5, 0.6) is 0 Å². The van der Waals surface area contributed by atoms with Crippen LogP contribution < -0.4 is 16.4 Å². The van der Waals surface area contributed by atoms with E-state index < -0.39 is 0 Å². The predicted octanol–water partition coefficient (Wildman–Crippen LogP) is 4.18. The fourth-order valence-corrected chi connectivity index (χ4v) is 2.07. The first kappa shape index (κ1) is 14.2. The second kappa shape index (κ2) is 5.84. The molecule has 0 aliphatic heterocycles. The van der Waals surface area contributed by atoms with Gasteiger partial charge in [0.15, 0.2) is 0 Å². The van der Waals surface area contributed by atoms with Crippen LogP contribution in [0.25, 0.3) is 0 Å². The molecule has 2 aromatic carbocycles. The van der Waals surface area contributed by atoms with Crippen LogP contribution in [0.3, 0.4) is 0 Å². The number of hydrogen-bond acceptors (Lipinski definition) is 2. The van der Waals surface area contributed by atoms with Crippen LogP contribution in [-0.4, -0.2) is 6.03 Å². The molecule has 0 heterocycles. The van der Waals surface area contributed by atoms with E-state index in [1.165, 1.54) is 0 Å². The molecule has 0 fully saturated rings. The maximum absolute atomic E-state index is 12.0. The van der Waals surface area contributed by atoms with Crippen LogP contribution >= 0.6 is 11.6 Å². The largest absolute Gasteiger partial charge is 0.398 e. The summed E-state index contributed by atoms with van der Waals surface area (Å²) in [7, 11) is 0. The van der Waals surface area contributed by atoms with Crippen molar-refractivity contribution in [2.75, 3.05) is 16.4 Å². The first-order valence-corrected chi connectivity index (χ1v) is 6.55. The Balaban J connectivity index is 2.17. The molecule has 0 aliphatic carbocycles. The Bertz CT molecular complexity index is 656. The number of hydrogen-bond donors (Lipinski definition) is 3. The van der Waals surface area contributed by atoms with E-state index in [2.05, 4.69) is 10.6 Å². The van der Waals surface area contributed by atoms with Crippen LogP contribution in [0.4, 0.5) is 21.9 Å². The quantitative estimate of drug-likeness (QED) is 0.726. The second-order valence-electron chi connectivity index (χ2n) is 4.53. The summed E-state index contributed by atoms with van der Waals surface area (Å²) in [4.78, 5) is 12.0. The summed E-state index contributed by atoms with van der Waals surface area (Å²) in [6.07, 6.45) is 0. The average Bonchev–Trinajstić information content (AvgIpc) is 2.42. The molecule has 4 nitrogen and oxygen atoms in total. The number of benzene rings is 2. The zero-order valence-corrected chi connectivity index (χ0v) is 12.1. The monoisotopic (exact) mass is 289 g/mol. The molecule has 2 rings (SSSR count). The number of halogens is 1. The molecule has 0 unspecified atom stereocenters. The highest BCUT2D eigenvalue weighted by Crippen LogP contribution is 2.26. The summed E-state index contributed by atoms with van der Waals surface area (Å²) in [6, 6.07) is 10.4. The van der Waals surface area contributed by atoms with Crippen LogP contribution in [-0.2, 0) is 0 Å². The number of anilines is 3. The van der Waals surface area contributed by atoms with E-state index in [0.29, 0.717) is 16.4 Å². The lowest BCUT2D eigenvalue weighted by Crippen LogP contribution is -2.21. The van der Waals surface area contributed by atoms with Gasteiger partial charge in [-0.05, 0) is 43.2 Å². The van der Waals surface area contributed by atoms with Gasteiger partial charge in [-0.25, -0.2) is 4.79 Å². The van der Waals surface area contributed by atoms with Gasteiger partial charge < -0.3 is 16.4 Å². The number of carbonyl (C=O) groups excluding carboxylic acids is 1. The highest BCUT2D eigenvalue weighted by atomic mass is 35.5. The van der Waals surface area contributed by atoms with Crippen molar-refractivity contribution in [3.05, 3.63) is 52.5 Å². The molecular weight excluding hydrogens is 274 g/mol. The molecule has 2 amide bonds. The lowest BCUT2D eigenvalue weighted by atomic mass is 10.1. The van der Waals surface area contributed by atoms with Crippen molar-refractivity contribution in [1.29, 1.82) is 0 Å². The van der Waals surface area contributed by atoms with Crippen molar-refractivity contribution in [1.82, 2.24) is 0 Å². The van der Waals surface area contributed by atoms with Gasteiger partial charge >= 0.3 is 6.03 Å². The van der Waals surface area contributed by atoms with Gasteiger partial charge in [-0.1, -0.05) is 29.8 Å². The molecule has 2 aromatic rings. The van der Waals surface area contributed by atoms with Crippen LogP contribution in [0, 0.1) is 13.8 Å². The smallest absolute Gasteiger partial charge is 0.323 e. The number of aryl methyl sites for hydroxylation is 1. The van der Waals surface area contributed by atoms with Crippen LogP contribution in [0.1, 0.15) is 11.1 Å². The zero-order valence-electron chi connectivity index (χ0n) is 11.3. The summed E-state index contributed by atoms with van der Waals surface area (Å²) in [5, 5.41) is 6.01. The third kappa shape index (κ3) is 3.03. The van der Waals surface area contributed by atoms with Crippen molar-refractivity contribution >= 4 is 34.7 Å². The summed E-state index contributed by atoms with van der Waals surface area (Å²) in [6.45, 7) is 3.78. The minimum Gasteiger partial charge on any atom is -0.398 e. The standard InChI is InChI=1S/C15H16ClN3O/c1-9-7-8-12(17)10(2)14(9)19-15(20)18-13-6-4-3-5-11(13)16/h3-8H,17H2,1-2H3,(H2,18,19,20). The summed E-state index contributed by atoms with van der Waals surface area (Å²) in [5.74, 6) is 0. The fraction of sp³-hybridized carbons (Fsp3) is 0.133. The van der Waals surface area contributed by atoms with E-state index in [9.17, 15) is 4.79 Å². The molecule has 20 heavy (non-hydrogen) atoms. The van der Waals surface area contributed by atoms with E-state index >= 15 is 0 Å². The van der Waals surface area contributed by atoms with Crippen LogP contribution in [0.2, 0.25) is 5.02 Å². The van der Waals surface area contributed by atoms with Crippen molar-refractivity contribution in [3.8, 4) is 0 Å². The first-order valence-electron chi connectivity index (χ1n) is 6.17. The summed E-state index contributed by atoms with van der Waals surface area (Å²) < 4.78 is 0. The minimum absolute atomic E-state index is 0.352. The lowest BCUT2D eigenvalue weighted by molar-refractivity contribution is 0.262. The number of nitrogens with one attached hydrogen (secondary N) is 2. The van der Waals surface area contributed by atoms with E-state index in [1.807, 2.05) is 26.0 Å². The predicted molar refractivity (Wildman–Crippen MR) is 84.4 cm³/mol. The third-order valence-corrected chi connectivity index (χ3v) is 3.41. The van der Waals surface area contributed by atoms with E-state index in [0.717, 1.165) is 16.8 Å². The normalized spacial score (nSPS) is 10.2. The number of carbonyl (C=O) groups is 1. The Morgan fingerprint density at radius 3 is 2.50 bits per heavy atom. The molecular formula is C15H16ClN3O. The van der Waals surface area contributed by atoms with Gasteiger partial charge in [0, 0.05) is 5.69 Å². The van der Waals surface area contributed by atoms with Gasteiger partial charge in [-0.15, -0.1) is 0 Å². The van der Waals surface area contributed by atoms with Crippen molar-refractivity contribution < 1.29 is 4.79 Å². The molecule has 0 atom stereocenters. The van der Waals surface area contributed by atoms with Gasteiger partial charge in [0.25, 0.3) is 0 Å². The lowest BCUT2D eigenvalue weighted by Gasteiger charge is -2.14. The van der Waals surface area contributed by atoms with Crippen molar-refractivity contribution in [2.24, 2.45) is 0 Å². The maximum atomic E-state index is 12.0. The Morgan fingerprint density at radius 1 is 1.10 bits per heavy atom. The molecule has 0 saturated heterocycles. The maximum Gasteiger partial charge on any atom is 0.323 e. The average molecular weight is 290 g/mol. The number of nitrogens with two attached hydrogens (primary N) is 1. The molecule has 0 saturated carbocycles. The molecule has 104 valence electrons. The third-order valence-electron chi connectivity index (χ3n) is 3.08. The van der Waals surface area contributed by atoms with Gasteiger partial charge in [-0.3, -0.25) is 0 Å². The number of urea groups is 1. The Morgan fingerprint density at radius 2 is 1.80 bits per heavy atom. The minimum atomic E-state index is -0.352. The second-order valence-corrected chi connectivity index (χ2v) is 4.94. The summed E-state index contributed by atoms with van der Waals surface area (Å²) in [5.41, 5.74) is 9.57. The number of rotatable bonds is 2. The Labute approximate surface area is 122 Å². The number of amides is 2. The molecule has 5 heteroatoms. The van der Waals surface area contributed by atoms with E-state index in [1.54, 1.807) is 24.3 Å². The molecule has 0 aromatic heterocycles. The van der Waals surface area contributed by atoms with Crippen LogP contribution in [0.15, 0.2) is 36.4 Å². The number of nitrogen functional groups attached to an aromatic ring is 1. The molecule has 4 N–H and O–H groups in total. The SMILES string of the molecule is Cc1ccc(N)c(C)c1NC(=O)Nc1ccccc1Cl.